The first-order chi connectivity index (χ1) is 7.22. The summed E-state index contributed by atoms with van der Waals surface area (Å²) in [6.45, 7) is 5.02. The minimum atomic E-state index is 0.612. The predicted molar refractivity (Wildman–Crippen MR) is 63.4 cm³/mol. The van der Waals surface area contributed by atoms with Crippen LogP contribution in [0.15, 0.2) is 24.5 Å². The molecule has 0 fully saturated rings. The van der Waals surface area contributed by atoms with E-state index in [4.69, 9.17) is 5.73 Å². The van der Waals surface area contributed by atoms with Crippen LogP contribution in [0.5, 0.6) is 0 Å². The molecule has 0 spiro atoms. The van der Waals surface area contributed by atoms with Crippen molar-refractivity contribution in [3.8, 4) is 0 Å². The zero-order chi connectivity index (χ0) is 11.1. The highest BCUT2D eigenvalue weighted by Crippen LogP contribution is 2.04. The average Bonchev–Trinajstić information content (AvgIpc) is 2.27. The Balaban J connectivity index is 2.27. The fourth-order valence-electron chi connectivity index (χ4n) is 1.44. The molecule has 1 heterocycles. The summed E-state index contributed by atoms with van der Waals surface area (Å²) in [7, 11) is 2.14. The summed E-state index contributed by atoms with van der Waals surface area (Å²) in [5.74, 6) is 0.612. The van der Waals surface area contributed by atoms with E-state index in [2.05, 4.69) is 29.9 Å². The second kappa shape index (κ2) is 6.53. The highest BCUT2D eigenvalue weighted by atomic mass is 15.1. The minimum Gasteiger partial charge on any atom is -0.330 e. The van der Waals surface area contributed by atoms with Crippen molar-refractivity contribution in [2.24, 2.45) is 11.7 Å². The molecule has 3 nitrogen and oxygen atoms in total. The molecule has 1 rings (SSSR count). The number of hydrogen-bond donors (Lipinski definition) is 1. The third-order valence-electron chi connectivity index (χ3n) is 2.58. The first-order valence-corrected chi connectivity index (χ1v) is 5.50. The van der Waals surface area contributed by atoms with Gasteiger partial charge in [0.2, 0.25) is 0 Å². The summed E-state index contributed by atoms with van der Waals surface area (Å²) in [6, 6.07) is 4.08. The van der Waals surface area contributed by atoms with Gasteiger partial charge in [0, 0.05) is 18.9 Å². The van der Waals surface area contributed by atoms with Crippen LogP contribution in [0.4, 0.5) is 0 Å². The second-order valence-corrected chi connectivity index (χ2v) is 4.23. The van der Waals surface area contributed by atoms with E-state index in [1.54, 1.807) is 6.20 Å². The lowest BCUT2D eigenvalue weighted by molar-refractivity contribution is 0.300. The Morgan fingerprint density at radius 1 is 1.53 bits per heavy atom. The maximum absolute atomic E-state index is 5.58. The molecular weight excluding hydrogens is 186 g/mol. The fourth-order valence-corrected chi connectivity index (χ4v) is 1.44. The van der Waals surface area contributed by atoms with Gasteiger partial charge in [0.05, 0.1) is 0 Å². The quantitative estimate of drug-likeness (QED) is 0.768. The number of aromatic nitrogens is 1. The van der Waals surface area contributed by atoms with Gasteiger partial charge in [-0.25, -0.2) is 0 Å². The summed E-state index contributed by atoms with van der Waals surface area (Å²) < 4.78 is 0. The molecule has 0 bridgehead atoms. The van der Waals surface area contributed by atoms with Gasteiger partial charge < -0.3 is 10.6 Å². The van der Waals surface area contributed by atoms with E-state index in [9.17, 15) is 0 Å². The van der Waals surface area contributed by atoms with Gasteiger partial charge in [-0.15, -0.1) is 0 Å². The standard InChI is InChI=1S/C12H21N3/c1-11(8-13)5-7-15(2)10-12-4-3-6-14-9-12/h3-4,6,9,11H,5,7-8,10,13H2,1-2H3. The maximum Gasteiger partial charge on any atom is 0.0312 e. The first kappa shape index (κ1) is 12.1. The van der Waals surface area contributed by atoms with Crippen molar-refractivity contribution in [2.75, 3.05) is 20.1 Å². The van der Waals surface area contributed by atoms with Crippen LogP contribution in [0, 0.1) is 5.92 Å². The SMILES string of the molecule is CC(CN)CCN(C)Cc1cccnc1. The van der Waals surface area contributed by atoms with E-state index in [-0.39, 0.29) is 0 Å². The number of nitrogens with two attached hydrogens (primary N) is 1. The molecule has 0 saturated heterocycles. The Kier molecular flexibility index (Phi) is 5.29. The third kappa shape index (κ3) is 4.91. The maximum atomic E-state index is 5.58. The Morgan fingerprint density at radius 3 is 2.93 bits per heavy atom. The molecule has 0 saturated carbocycles. The molecule has 1 atom stereocenters. The van der Waals surface area contributed by atoms with Crippen molar-refractivity contribution >= 4 is 0 Å². The molecule has 1 unspecified atom stereocenters. The van der Waals surface area contributed by atoms with Gasteiger partial charge in [0.15, 0.2) is 0 Å². The number of pyridine rings is 1. The average molecular weight is 207 g/mol. The summed E-state index contributed by atoms with van der Waals surface area (Å²) in [5.41, 5.74) is 6.85. The molecular formula is C12H21N3. The summed E-state index contributed by atoms with van der Waals surface area (Å²) in [6.07, 6.45) is 4.89. The van der Waals surface area contributed by atoms with E-state index in [1.165, 1.54) is 5.56 Å². The van der Waals surface area contributed by atoms with Crippen LogP contribution in [-0.2, 0) is 6.54 Å². The lowest BCUT2D eigenvalue weighted by atomic mass is 10.1. The number of rotatable bonds is 6. The van der Waals surface area contributed by atoms with Crippen LogP contribution < -0.4 is 5.73 Å². The highest BCUT2D eigenvalue weighted by Gasteiger charge is 2.03. The van der Waals surface area contributed by atoms with Crippen LogP contribution in [0.25, 0.3) is 0 Å². The van der Waals surface area contributed by atoms with E-state index in [0.29, 0.717) is 5.92 Å². The minimum absolute atomic E-state index is 0.612. The van der Waals surface area contributed by atoms with Crippen molar-refractivity contribution in [3.05, 3.63) is 30.1 Å². The topological polar surface area (TPSA) is 42.1 Å². The molecule has 1 aromatic heterocycles. The first-order valence-electron chi connectivity index (χ1n) is 5.50. The van der Waals surface area contributed by atoms with Gasteiger partial charge >= 0.3 is 0 Å². The Bertz CT molecular complexity index is 261. The Hall–Kier alpha value is -0.930. The normalized spacial score (nSPS) is 13.1. The molecule has 2 N–H and O–H groups in total. The smallest absolute Gasteiger partial charge is 0.0312 e. The van der Waals surface area contributed by atoms with Crippen LogP contribution in [-0.4, -0.2) is 30.0 Å². The van der Waals surface area contributed by atoms with Gasteiger partial charge in [-0.3, -0.25) is 4.98 Å². The predicted octanol–water partition coefficient (Wildman–Crippen LogP) is 1.50. The van der Waals surface area contributed by atoms with Crippen molar-refractivity contribution in [1.29, 1.82) is 0 Å². The number of nitrogens with zero attached hydrogens (tertiary/aromatic N) is 2. The summed E-state index contributed by atoms with van der Waals surface area (Å²) in [5, 5.41) is 0. The molecule has 0 aromatic carbocycles. The Morgan fingerprint density at radius 2 is 2.33 bits per heavy atom. The van der Waals surface area contributed by atoms with Crippen LogP contribution >= 0.6 is 0 Å². The molecule has 0 aliphatic carbocycles. The van der Waals surface area contributed by atoms with Gasteiger partial charge in [0.1, 0.15) is 0 Å². The third-order valence-corrected chi connectivity index (χ3v) is 2.58. The molecule has 0 amide bonds. The van der Waals surface area contributed by atoms with Crippen LogP contribution in [0.3, 0.4) is 0 Å². The molecule has 84 valence electrons. The lowest BCUT2D eigenvalue weighted by Crippen LogP contribution is -2.23. The number of hydrogen-bond acceptors (Lipinski definition) is 3. The van der Waals surface area contributed by atoms with E-state index in [1.807, 2.05) is 12.3 Å². The summed E-state index contributed by atoms with van der Waals surface area (Å²) in [4.78, 5) is 6.41. The molecule has 3 heteroatoms. The second-order valence-electron chi connectivity index (χ2n) is 4.23. The van der Waals surface area contributed by atoms with Crippen molar-refractivity contribution in [2.45, 2.75) is 19.9 Å². The molecule has 0 aliphatic rings. The largest absolute Gasteiger partial charge is 0.330 e. The van der Waals surface area contributed by atoms with E-state index >= 15 is 0 Å². The van der Waals surface area contributed by atoms with Gasteiger partial charge in [-0.05, 0) is 44.1 Å². The molecule has 0 aliphatic heterocycles. The van der Waals surface area contributed by atoms with Crippen molar-refractivity contribution in [1.82, 2.24) is 9.88 Å². The lowest BCUT2D eigenvalue weighted by Gasteiger charge is -2.18. The van der Waals surface area contributed by atoms with Crippen LogP contribution in [0.2, 0.25) is 0 Å². The monoisotopic (exact) mass is 207 g/mol. The van der Waals surface area contributed by atoms with E-state index in [0.717, 1.165) is 26.1 Å². The van der Waals surface area contributed by atoms with Crippen LogP contribution in [0.1, 0.15) is 18.9 Å². The highest BCUT2D eigenvalue weighted by molar-refractivity contribution is 5.07. The van der Waals surface area contributed by atoms with Gasteiger partial charge in [-0.1, -0.05) is 13.0 Å². The van der Waals surface area contributed by atoms with Crippen molar-refractivity contribution in [3.63, 3.8) is 0 Å². The van der Waals surface area contributed by atoms with Gasteiger partial charge in [-0.2, -0.15) is 0 Å². The molecule has 15 heavy (non-hydrogen) atoms. The summed E-state index contributed by atoms with van der Waals surface area (Å²) >= 11 is 0. The molecule has 0 radical (unpaired) electrons. The van der Waals surface area contributed by atoms with Gasteiger partial charge in [0.25, 0.3) is 0 Å². The zero-order valence-electron chi connectivity index (χ0n) is 9.69. The Labute approximate surface area is 92.3 Å². The zero-order valence-corrected chi connectivity index (χ0v) is 9.69. The fraction of sp³-hybridized carbons (Fsp3) is 0.583. The molecule has 1 aromatic rings. The van der Waals surface area contributed by atoms with E-state index < -0.39 is 0 Å². The van der Waals surface area contributed by atoms with Crippen molar-refractivity contribution < 1.29 is 0 Å².